The van der Waals surface area contributed by atoms with Gasteiger partial charge in [-0.2, -0.15) is 0 Å². The zero-order valence-electron chi connectivity index (χ0n) is 27.4. The van der Waals surface area contributed by atoms with Crippen LogP contribution in [0.2, 0.25) is 0 Å². The van der Waals surface area contributed by atoms with Gasteiger partial charge in [-0.3, -0.25) is 44.9 Å². The van der Waals surface area contributed by atoms with Gasteiger partial charge < -0.3 is 0 Å². The minimum absolute atomic E-state index is 0.261. The molecule has 9 aromatic heterocycles. The molecule has 0 N–H and O–H groups in total. The molecule has 18 heteroatoms. The Bertz CT molecular complexity index is 2610. The van der Waals surface area contributed by atoms with Gasteiger partial charge in [0.1, 0.15) is 51.2 Å². The van der Waals surface area contributed by atoms with Crippen molar-refractivity contribution >= 4 is 32.7 Å². The zero-order valence-corrected chi connectivity index (χ0v) is 27.4. The van der Waals surface area contributed by atoms with Crippen molar-refractivity contribution in [2.24, 2.45) is 0 Å². The first-order valence-electron chi connectivity index (χ1n) is 16.2. The van der Waals surface area contributed by atoms with E-state index in [0.717, 1.165) is 0 Å². The largest absolute Gasteiger partial charge is 0.261 e. The van der Waals surface area contributed by atoms with Gasteiger partial charge in [0.05, 0.1) is 69.9 Å². The highest BCUT2D eigenvalue weighted by Crippen LogP contribution is 2.44. The summed E-state index contributed by atoms with van der Waals surface area (Å²) in [6.45, 7) is 0. The Labute approximate surface area is 302 Å². The molecule has 0 saturated carbocycles. The van der Waals surface area contributed by atoms with Crippen molar-refractivity contribution in [2.45, 2.75) is 0 Å². The number of rotatable bonds is 6. The van der Waals surface area contributed by atoms with Gasteiger partial charge in [-0.25, -0.2) is 44.9 Å². The summed E-state index contributed by atoms with van der Waals surface area (Å²) in [5.74, 6) is 0.784. The molecule has 0 aliphatic carbocycles. The molecule has 18 nitrogen and oxygen atoms in total. The molecule has 0 spiro atoms. The summed E-state index contributed by atoms with van der Waals surface area (Å²) in [4.78, 5) is 84.2. The number of hydrogen-bond donors (Lipinski definition) is 0. The van der Waals surface area contributed by atoms with Gasteiger partial charge in [0.25, 0.3) is 0 Å². The highest BCUT2D eigenvalue weighted by Gasteiger charge is 2.28. The second-order valence-corrected chi connectivity index (χ2v) is 11.4. The predicted octanol–water partition coefficient (Wildman–Crippen LogP) is 4.26. The lowest BCUT2D eigenvalue weighted by molar-refractivity contribution is 1.11. The lowest BCUT2D eigenvalue weighted by Gasteiger charge is -2.17. The molecule has 0 amide bonds. The zero-order chi connectivity index (χ0) is 35.8. The van der Waals surface area contributed by atoms with Crippen LogP contribution in [-0.2, 0) is 0 Å². The Hall–Kier alpha value is -8.28. The van der Waals surface area contributed by atoms with Gasteiger partial charge in [-0.15, -0.1) is 0 Å². The molecule has 0 atom stereocenters. The maximum absolute atomic E-state index is 5.17. The van der Waals surface area contributed by atoms with Gasteiger partial charge in [0.2, 0.25) is 0 Å². The Morgan fingerprint density at radius 1 is 0.241 bits per heavy atom. The number of fused-ring (bicyclic) bond motifs is 6. The third kappa shape index (κ3) is 5.21. The molecule has 0 fully saturated rings. The second kappa shape index (κ2) is 12.8. The molecule has 0 bridgehead atoms. The van der Waals surface area contributed by atoms with E-state index in [9.17, 15) is 0 Å². The highest BCUT2D eigenvalue weighted by atomic mass is 15.0. The van der Waals surface area contributed by atoms with Gasteiger partial charge in [0, 0.05) is 74.4 Å². The predicted molar refractivity (Wildman–Crippen MR) is 192 cm³/mol. The maximum Gasteiger partial charge on any atom is 0.181 e. The van der Waals surface area contributed by atoms with Crippen molar-refractivity contribution in [3.8, 4) is 68.7 Å². The van der Waals surface area contributed by atoms with Crippen LogP contribution in [0.3, 0.4) is 0 Å². The standard InChI is InChI=1S/C36H18N18/c1-7-43-19(13-37-1)28-25-31(52-34(49-28)22-16-40-4-10-46-22)26-29(20-14-38-2-8-44-20)51-36(24-18-42-6-12-48-24)54-33(26)27-30(21-15-39-3-9-45-21)50-35(53-32(25)27)23-17-41-5-11-47-23/h1-18H. The van der Waals surface area contributed by atoms with Crippen molar-refractivity contribution < 1.29 is 0 Å². The molecule has 9 heterocycles. The van der Waals surface area contributed by atoms with E-state index in [1.807, 2.05) is 0 Å². The smallest absolute Gasteiger partial charge is 0.181 e. The normalized spacial score (nSPS) is 11.3. The Morgan fingerprint density at radius 2 is 0.481 bits per heavy atom. The van der Waals surface area contributed by atoms with Crippen LogP contribution in [-0.4, -0.2) is 89.7 Å². The van der Waals surface area contributed by atoms with E-state index in [1.54, 1.807) is 112 Å². The van der Waals surface area contributed by atoms with Crippen LogP contribution in [0.1, 0.15) is 0 Å². The van der Waals surface area contributed by atoms with Crippen molar-refractivity contribution in [2.75, 3.05) is 0 Å². The molecule has 10 aromatic rings. The highest BCUT2D eigenvalue weighted by molar-refractivity contribution is 6.29. The van der Waals surface area contributed by atoms with Crippen molar-refractivity contribution in [3.63, 3.8) is 0 Å². The molecule has 252 valence electrons. The molecule has 0 radical (unpaired) electrons. The van der Waals surface area contributed by atoms with E-state index >= 15 is 0 Å². The molecule has 0 aliphatic heterocycles. The molecular weight excluding hydrogens is 685 g/mol. The first-order chi connectivity index (χ1) is 26.8. The van der Waals surface area contributed by atoms with Crippen molar-refractivity contribution in [1.82, 2.24) is 89.7 Å². The number of hydrogen-bond acceptors (Lipinski definition) is 18. The van der Waals surface area contributed by atoms with Gasteiger partial charge in [-0.05, 0) is 0 Å². The third-order valence-electron chi connectivity index (χ3n) is 8.23. The average Bonchev–Trinajstić information content (AvgIpc) is 3.27. The Kier molecular flexibility index (Phi) is 7.24. The number of benzene rings is 1. The fourth-order valence-corrected chi connectivity index (χ4v) is 6.01. The van der Waals surface area contributed by atoms with Crippen molar-refractivity contribution in [3.05, 3.63) is 112 Å². The summed E-state index contributed by atoms with van der Waals surface area (Å²) < 4.78 is 0. The molecule has 54 heavy (non-hydrogen) atoms. The van der Waals surface area contributed by atoms with Crippen LogP contribution in [0.5, 0.6) is 0 Å². The lowest BCUT2D eigenvalue weighted by atomic mass is 9.97. The molecule has 0 saturated heterocycles. The molecule has 0 aliphatic rings. The molecule has 0 unspecified atom stereocenters. The molecule has 10 rings (SSSR count). The van der Waals surface area contributed by atoms with Gasteiger partial charge in [-0.1, -0.05) is 0 Å². The van der Waals surface area contributed by atoms with Crippen LogP contribution >= 0.6 is 0 Å². The van der Waals surface area contributed by atoms with E-state index in [2.05, 4.69) is 59.8 Å². The fourth-order valence-electron chi connectivity index (χ4n) is 6.01. The van der Waals surface area contributed by atoms with E-state index in [0.29, 0.717) is 84.0 Å². The first-order valence-corrected chi connectivity index (χ1v) is 16.2. The minimum atomic E-state index is 0.261. The number of aromatic nitrogens is 18. The van der Waals surface area contributed by atoms with E-state index < -0.39 is 0 Å². The fraction of sp³-hybridized carbons (Fsp3) is 0. The Balaban J connectivity index is 1.50. The van der Waals surface area contributed by atoms with Crippen LogP contribution in [0.4, 0.5) is 0 Å². The van der Waals surface area contributed by atoms with Gasteiger partial charge in [0.15, 0.2) is 17.5 Å². The SMILES string of the molecule is c1cnc(-c2nc(-c3cnccn3)c3c(n2)c2c(-c4cnccn4)nc(-c4cnccn4)nc2c2c(-c4cnccn4)nc(-c4cnccn4)nc32)cn1. The van der Waals surface area contributed by atoms with E-state index in [1.165, 1.54) is 0 Å². The molecule has 1 aromatic carbocycles. The summed E-state index contributed by atoms with van der Waals surface area (Å²) in [6, 6.07) is 0. The Morgan fingerprint density at radius 3 is 0.704 bits per heavy atom. The quantitative estimate of drug-likeness (QED) is 0.220. The maximum atomic E-state index is 5.17. The monoisotopic (exact) mass is 702 g/mol. The summed E-state index contributed by atoms with van der Waals surface area (Å²) in [5, 5.41) is 1.47. The minimum Gasteiger partial charge on any atom is -0.261 e. The second-order valence-electron chi connectivity index (χ2n) is 11.4. The number of nitrogens with zero attached hydrogens (tertiary/aromatic N) is 18. The van der Waals surface area contributed by atoms with Crippen LogP contribution in [0, 0.1) is 0 Å². The molecular formula is C36H18N18. The lowest BCUT2D eigenvalue weighted by Crippen LogP contribution is -2.06. The van der Waals surface area contributed by atoms with Gasteiger partial charge >= 0.3 is 0 Å². The summed E-state index contributed by atoms with van der Waals surface area (Å²) in [7, 11) is 0. The van der Waals surface area contributed by atoms with E-state index in [4.69, 9.17) is 29.9 Å². The van der Waals surface area contributed by atoms with Crippen LogP contribution in [0.15, 0.2) is 112 Å². The summed E-state index contributed by atoms with van der Waals surface area (Å²) >= 11 is 0. The summed E-state index contributed by atoms with van der Waals surface area (Å²) in [6.07, 6.45) is 28.5. The van der Waals surface area contributed by atoms with Crippen LogP contribution < -0.4 is 0 Å². The van der Waals surface area contributed by atoms with Crippen molar-refractivity contribution in [1.29, 1.82) is 0 Å². The third-order valence-corrected chi connectivity index (χ3v) is 8.23. The van der Waals surface area contributed by atoms with E-state index in [-0.39, 0.29) is 17.5 Å². The van der Waals surface area contributed by atoms with Crippen LogP contribution in [0.25, 0.3) is 101 Å². The topological polar surface area (TPSA) is 232 Å². The average molecular weight is 703 g/mol. The first kappa shape index (κ1) is 30.5. The summed E-state index contributed by atoms with van der Waals surface area (Å²) in [5.41, 5.74) is 5.00.